The molecule has 2 bridgehead atoms. The quantitative estimate of drug-likeness (QED) is 0.673. The number of carbonyl (C=O) groups is 1. The number of nitrogens with zero attached hydrogens (tertiary/aromatic N) is 1. The van der Waals surface area contributed by atoms with Crippen molar-refractivity contribution in [3.8, 4) is 11.6 Å². The molecule has 0 radical (unpaired) electrons. The van der Waals surface area contributed by atoms with Gasteiger partial charge >= 0.3 is 0 Å². The number of hydrogen-bond donors (Lipinski definition) is 1. The summed E-state index contributed by atoms with van der Waals surface area (Å²) in [5, 5.41) is 11.7. The van der Waals surface area contributed by atoms with Gasteiger partial charge < -0.3 is 9.84 Å². The predicted octanol–water partition coefficient (Wildman–Crippen LogP) is 5.99. The van der Waals surface area contributed by atoms with Gasteiger partial charge in [0.15, 0.2) is 5.78 Å². The van der Waals surface area contributed by atoms with E-state index in [0.717, 1.165) is 43.2 Å². The van der Waals surface area contributed by atoms with Crippen molar-refractivity contribution in [3.05, 3.63) is 58.4 Å². The molecule has 2 unspecified atom stereocenters. The molecule has 29 heavy (non-hydrogen) atoms. The molecule has 150 valence electrons. The number of aryl methyl sites for hydroxylation is 1. The summed E-state index contributed by atoms with van der Waals surface area (Å²) in [5.41, 5.74) is 2.36. The first-order valence-corrected chi connectivity index (χ1v) is 10.8. The molecule has 1 aromatic carbocycles. The molecule has 0 spiro atoms. The van der Waals surface area contributed by atoms with Crippen molar-refractivity contribution in [3.63, 3.8) is 0 Å². The molecule has 6 rings (SSSR count). The number of aromatic nitrogens is 1. The molecule has 1 N–H and O–H groups in total. The lowest BCUT2D eigenvalue weighted by molar-refractivity contribution is -0.123. The highest BCUT2D eigenvalue weighted by molar-refractivity contribution is 6.30. The highest BCUT2D eigenvalue weighted by Crippen LogP contribution is 2.57. The van der Waals surface area contributed by atoms with Crippen LogP contribution < -0.4 is 4.74 Å². The maximum atomic E-state index is 13.4. The van der Waals surface area contributed by atoms with E-state index in [4.69, 9.17) is 16.3 Å². The first-order chi connectivity index (χ1) is 14.1. The summed E-state index contributed by atoms with van der Waals surface area (Å²) in [6.07, 6.45) is 6.80. The number of Topliss-reactive ketones (excluding diaryl/α,β-unsaturated/α-hetero) is 1. The monoisotopic (exact) mass is 409 g/mol. The maximum Gasteiger partial charge on any atom is 0.219 e. The van der Waals surface area contributed by atoms with Crippen LogP contribution in [0.4, 0.5) is 0 Å². The molecule has 3 fully saturated rings. The number of pyridine rings is 1. The molecular formula is C24H24ClNO3. The van der Waals surface area contributed by atoms with E-state index in [9.17, 15) is 9.90 Å². The maximum absolute atomic E-state index is 13.4. The molecule has 1 aromatic heterocycles. The number of carbonyl (C=O) groups excluding carboxylic acids is 1. The van der Waals surface area contributed by atoms with Gasteiger partial charge in [-0.15, -0.1) is 0 Å². The van der Waals surface area contributed by atoms with Crippen LogP contribution in [0.2, 0.25) is 5.02 Å². The van der Waals surface area contributed by atoms with Crippen molar-refractivity contribution in [2.45, 2.75) is 39.0 Å². The van der Waals surface area contributed by atoms with Crippen LogP contribution in [0.5, 0.6) is 11.6 Å². The summed E-state index contributed by atoms with van der Waals surface area (Å²) in [4.78, 5) is 17.6. The van der Waals surface area contributed by atoms with Gasteiger partial charge in [0, 0.05) is 24.1 Å². The van der Waals surface area contributed by atoms with Gasteiger partial charge in [0.1, 0.15) is 11.5 Å². The van der Waals surface area contributed by atoms with E-state index >= 15 is 0 Å². The summed E-state index contributed by atoms with van der Waals surface area (Å²) in [6.45, 7) is 2.06. The number of hydrogen-bond acceptors (Lipinski definition) is 4. The largest absolute Gasteiger partial charge is 0.511 e. The van der Waals surface area contributed by atoms with Crippen molar-refractivity contribution in [2.24, 2.45) is 23.7 Å². The zero-order valence-corrected chi connectivity index (χ0v) is 17.2. The smallest absolute Gasteiger partial charge is 0.219 e. The number of aliphatic hydroxyl groups is 1. The van der Waals surface area contributed by atoms with Crippen molar-refractivity contribution in [1.82, 2.24) is 4.98 Å². The zero-order chi connectivity index (χ0) is 20.1. The molecular weight excluding hydrogens is 386 g/mol. The SMILES string of the molecule is CCc1ccc(Oc2ccc(Cl)cn2)cc1C1=C(O)C2C(C1=O)[C@H]1CC[C@@H]2CC1. The molecule has 2 atom stereocenters. The average molecular weight is 410 g/mol. The Hall–Kier alpha value is -2.33. The van der Waals surface area contributed by atoms with Gasteiger partial charge in [-0.1, -0.05) is 24.6 Å². The number of allylic oxidation sites excluding steroid dienone is 2. The minimum absolute atomic E-state index is 0.0113. The highest BCUT2D eigenvalue weighted by atomic mass is 35.5. The Morgan fingerprint density at radius 3 is 2.45 bits per heavy atom. The Balaban J connectivity index is 1.54. The van der Waals surface area contributed by atoms with Crippen LogP contribution in [0.25, 0.3) is 5.57 Å². The lowest BCUT2D eigenvalue weighted by atomic mass is 9.59. The highest BCUT2D eigenvalue weighted by Gasteiger charge is 2.54. The van der Waals surface area contributed by atoms with E-state index in [0.29, 0.717) is 39.8 Å². The molecule has 2 aromatic rings. The lowest BCUT2D eigenvalue weighted by Gasteiger charge is -2.44. The molecule has 0 amide bonds. The topological polar surface area (TPSA) is 59.4 Å². The first kappa shape index (κ1) is 18.7. The normalized spacial score (nSPS) is 28.0. The molecule has 5 heteroatoms. The van der Waals surface area contributed by atoms with Crippen LogP contribution >= 0.6 is 11.6 Å². The molecule has 1 heterocycles. The Bertz CT molecular complexity index is 990. The number of fused-ring (bicyclic) bond motifs is 2. The molecule has 4 nitrogen and oxygen atoms in total. The summed E-state index contributed by atoms with van der Waals surface area (Å²) in [7, 11) is 0. The second kappa shape index (κ2) is 7.17. The molecule has 4 aliphatic rings. The summed E-state index contributed by atoms with van der Waals surface area (Å²) < 4.78 is 5.89. The van der Waals surface area contributed by atoms with Crippen LogP contribution in [0.3, 0.4) is 0 Å². The van der Waals surface area contributed by atoms with Crippen LogP contribution in [0.15, 0.2) is 42.3 Å². The zero-order valence-electron chi connectivity index (χ0n) is 16.4. The van der Waals surface area contributed by atoms with E-state index in [1.807, 2.05) is 18.2 Å². The minimum Gasteiger partial charge on any atom is -0.511 e. The predicted molar refractivity (Wildman–Crippen MR) is 112 cm³/mol. The van der Waals surface area contributed by atoms with Crippen LogP contribution in [-0.4, -0.2) is 15.9 Å². The molecule has 3 saturated carbocycles. The van der Waals surface area contributed by atoms with Crippen LogP contribution in [0.1, 0.15) is 43.7 Å². The molecule has 4 aliphatic carbocycles. The van der Waals surface area contributed by atoms with Crippen molar-refractivity contribution in [2.75, 3.05) is 0 Å². The van der Waals surface area contributed by atoms with Gasteiger partial charge in [0.25, 0.3) is 0 Å². The van der Waals surface area contributed by atoms with Gasteiger partial charge in [-0.25, -0.2) is 4.98 Å². The summed E-state index contributed by atoms with van der Waals surface area (Å²) in [5.74, 6) is 2.30. The first-order valence-electron chi connectivity index (χ1n) is 10.5. The number of aliphatic hydroxyl groups excluding tert-OH is 1. The number of rotatable bonds is 4. The lowest BCUT2D eigenvalue weighted by Crippen LogP contribution is -2.41. The number of ketones is 1. The van der Waals surface area contributed by atoms with Crippen molar-refractivity contribution < 1.29 is 14.6 Å². The second-order valence-electron chi connectivity index (χ2n) is 8.44. The number of ether oxygens (including phenoxy) is 1. The van der Waals surface area contributed by atoms with Crippen LogP contribution in [0, 0.1) is 23.7 Å². The van der Waals surface area contributed by atoms with E-state index in [1.54, 1.807) is 12.1 Å². The van der Waals surface area contributed by atoms with E-state index in [1.165, 1.54) is 6.20 Å². The Morgan fingerprint density at radius 1 is 1.10 bits per heavy atom. The Labute approximate surface area is 175 Å². The average Bonchev–Trinajstić information content (AvgIpc) is 3.03. The number of halogens is 1. The third-order valence-corrected chi connectivity index (χ3v) is 7.22. The van der Waals surface area contributed by atoms with Crippen LogP contribution in [-0.2, 0) is 11.2 Å². The van der Waals surface area contributed by atoms with E-state index < -0.39 is 0 Å². The van der Waals surface area contributed by atoms with Gasteiger partial charge in [-0.3, -0.25) is 4.79 Å². The Morgan fingerprint density at radius 2 is 1.83 bits per heavy atom. The third kappa shape index (κ3) is 3.05. The Kier molecular flexibility index (Phi) is 4.62. The fourth-order valence-corrected chi connectivity index (χ4v) is 5.77. The summed E-state index contributed by atoms with van der Waals surface area (Å²) in [6, 6.07) is 9.16. The fraction of sp³-hybridized carbons (Fsp3) is 0.417. The van der Waals surface area contributed by atoms with Gasteiger partial charge in [-0.2, -0.15) is 0 Å². The third-order valence-electron chi connectivity index (χ3n) is 6.99. The fourth-order valence-electron chi connectivity index (χ4n) is 5.65. The number of benzene rings is 1. The van der Waals surface area contributed by atoms with E-state index in [-0.39, 0.29) is 17.6 Å². The van der Waals surface area contributed by atoms with Gasteiger partial charge in [0.05, 0.1) is 10.6 Å². The minimum atomic E-state index is -0.0373. The molecule has 0 aliphatic heterocycles. The van der Waals surface area contributed by atoms with Gasteiger partial charge in [-0.05, 0) is 73.3 Å². The van der Waals surface area contributed by atoms with Gasteiger partial charge in [0.2, 0.25) is 5.88 Å². The second-order valence-corrected chi connectivity index (χ2v) is 8.88. The van der Waals surface area contributed by atoms with Crippen molar-refractivity contribution in [1.29, 1.82) is 0 Å². The molecule has 0 saturated heterocycles. The standard InChI is InChI=1S/C24H24ClNO3/c1-2-13-7-9-17(29-19-10-8-16(25)12-26-19)11-18(13)22-23(27)20-14-3-4-15(6-5-14)21(20)24(22)28/h7-12,14-15,20-21,27H,2-6H2,1H3/t14-,15+,20?,21?. The van der Waals surface area contributed by atoms with Crippen molar-refractivity contribution >= 4 is 23.0 Å². The summed E-state index contributed by atoms with van der Waals surface area (Å²) >= 11 is 5.90. The van der Waals surface area contributed by atoms with E-state index in [2.05, 4.69) is 11.9 Å².